The number of aryl methyl sites for hydroxylation is 1. The molecule has 0 radical (unpaired) electrons. The molecule has 5 heteroatoms. The molecule has 0 atom stereocenters. The molecule has 0 unspecified atom stereocenters. The first-order chi connectivity index (χ1) is 7.02. The molecule has 15 heavy (non-hydrogen) atoms. The average Bonchev–Trinajstić information content (AvgIpc) is 2.21. The van der Waals surface area contributed by atoms with Gasteiger partial charge in [0, 0.05) is 5.39 Å². The Morgan fingerprint density at radius 2 is 2.00 bits per heavy atom. The van der Waals surface area contributed by atoms with E-state index in [1.807, 2.05) is 0 Å². The monoisotopic (exact) mass is 270 g/mol. The molecule has 0 aliphatic carbocycles. The predicted molar refractivity (Wildman–Crippen MR) is 58.3 cm³/mol. The second kappa shape index (κ2) is 3.27. The maximum atomic E-state index is 11.3. The molecule has 1 aromatic carbocycles. The zero-order valence-corrected chi connectivity index (χ0v) is 9.33. The fourth-order valence-electron chi connectivity index (χ4n) is 1.37. The van der Waals surface area contributed by atoms with Gasteiger partial charge in [0.2, 0.25) is 5.75 Å². The van der Waals surface area contributed by atoms with Crippen molar-refractivity contribution in [2.24, 2.45) is 0 Å². The number of hydrogen-bond donors (Lipinski definition) is 2. The molecule has 0 fully saturated rings. The van der Waals surface area contributed by atoms with Gasteiger partial charge in [0.25, 0.3) is 0 Å². The van der Waals surface area contributed by atoms with Crippen LogP contribution in [0, 0.1) is 6.92 Å². The zero-order chi connectivity index (χ0) is 11.2. The number of halogens is 1. The van der Waals surface area contributed by atoms with E-state index < -0.39 is 11.4 Å². The largest absolute Gasteiger partial charge is 0.504 e. The SMILES string of the molecule is Cc1c(Br)c(=O)oc2c(O)c(O)ccc12. The molecule has 0 saturated heterocycles. The Morgan fingerprint density at radius 3 is 2.67 bits per heavy atom. The second-order valence-corrected chi connectivity index (χ2v) is 3.93. The quantitative estimate of drug-likeness (QED) is 0.569. The van der Waals surface area contributed by atoms with Crippen molar-refractivity contribution in [3.63, 3.8) is 0 Å². The second-order valence-electron chi connectivity index (χ2n) is 3.14. The molecule has 4 nitrogen and oxygen atoms in total. The molecule has 0 aliphatic heterocycles. The van der Waals surface area contributed by atoms with Crippen LogP contribution in [0.1, 0.15) is 5.56 Å². The van der Waals surface area contributed by atoms with Crippen LogP contribution in [0.4, 0.5) is 0 Å². The molecule has 0 bridgehead atoms. The number of phenolic OH excluding ortho intramolecular Hbond substituents is 2. The number of benzene rings is 1. The molecule has 0 aliphatic rings. The van der Waals surface area contributed by atoms with Crippen LogP contribution in [0.3, 0.4) is 0 Å². The van der Waals surface area contributed by atoms with Gasteiger partial charge in [-0.2, -0.15) is 0 Å². The fourth-order valence-corrected chi connectivity index (χ4v) is 1.66. The minimum atomic E-state index is -0.582. The van der Waals surface area contributed by atoms with Crippen LogP contribution in [-0.4, -0.2) is 10.2 Å². The Morgan fingerprint density at radius 1 is 1.33 bits per heavy atom. The maximum Gasteiger partial charge on any atom is 0.351 e. The molecule has 2 N–H and O–H groups in total. The summed E-state index contributed by atoms with van der Waals surface area (Å²) < 4.78 is 5.19. The number of phenols is 2. The van der Waals surface area contributed by atoms with E-state index >= 15 is 0 Å². The van der Waals surface area contributed by atoms with Gasteiger partial charge in [-0.3, -0.25) is 0 Å². The molecule has 0 spiro atoms. The van der Waals surface area contributed by atoms with Crippen LogP contribution in [-0.2, 0) is 0 Å². The lowest BCUT2D eigenvalue weighted by molar-refractivity contribution is 0.397. The molecular weight excluding hydrogens is 264 g/mol. The molecule has 1 aromatic heterocycles. The number of hydrogen-bond acceptors (Lipinski definition) is 4. The van der Waals surface area contributed by atoms with Crippen LogP contribution in [0.5, 0.6) is 11.5 Å². The van der Waals surface area contributed by atoms with E-state index in [1.54, 1.807) is 13.0 Å². The summed E-state index contributed by atoms with van der Waals surface area (Å²) in [6.07, 6.45) is 0. The highest BCUT2D eigenvalue weighted by atomic mass is 79.9. The highest BCUT2D eigenvalue weighted by Gasteiger charge is 2.13. The maximum absolute atomic E-state index is 11.3. The van der Waals surface area contributed by atoms with Crippen LogP contribution in [0.15, 0.2) is 25.8 Å². The van der Waals surface area contributed by atoms with Gasteiger partial charge in [0.05, 0.1) is 0 Å². The van der Waals surface area contributed by atoms with Crippen molar-refractivity contribution in [3.05, 3.63) is 32.6 Å². The van der Waals surface area contributed by atoms with Crippen molar-refractivity contribution in [2.75, 3.05) is 0 Å². The summed E-state index contributed by atoms with van der Waals surface area (Å²) in [5.74, 6) is -0.729. The first kappa shape index (κ1) is 10.0. The van der Waals surface area contributed by atoms with Gasteiger partial charge in [0.1, 0.15) is 4.47 Å². The van der Waals surface area contributed by atoms with Crippen molar-refractivity contribution in [3.8, 4) is 11.5 Å². The summed E-state index contributed by atoms with van der Waals surface area (Å²) in [6.45, 7) is 1.72. The Bertz CT molecular complexity index is 600. The van der Waals surface area contributed by atoms with Gasteiger partial charge in [-0.05, 0) is 40.5 Å². The Kier molecular flexibility index (Phi) is 2.19. The van der Waals surface area contributed by atoms with E-state index in [9.17, 15) is 15.0 Å². The summed E-state index contributed by atoms with van der Waals surface area (Å²) in [4.78, 5) is 11.3. The number of fused-ring (bicyclic) bond motifs is 1. The van der Waals surface area contributed by atoms with Gasteiger partial charge in [-0.25, -0.2) is 4.79 Å². The van der Waals surface area contributed by atoms with Crippen LogP contribution in [0.25, 0.3) is 11.0 Å². The molecule has 0 amide bonds. The highest BCUT2D eigenvalue weighted by Crippen LogP contribution is 2.35. The van der Waals surface area contributed by atoms with Gasteiger partial charge in [-0.1, -0.05) is 0 Å². The number of rotatable bonds is 0. The van der Waals surface area contributed by atoms with E-state index in [4.69, 9.17) is 4.42 Å². The van der Waals surface area contributed by atoms with Crippen molar-refractivity contribution in [1.82, 2.24) is 0 Å². The molecule has 0 saturated carbocycles. The average molecular weight is 271 g/mol. The van der Waals surface area contributed by atoms with E-state index in [2.05, 4.69) is 15.9 Å². The summed E-state index contributed by atoms with van der Waals surface area (Å²) in [7, 11) is 0. The summed E-state index contributed by atoms with van der Waals surface area (Å²) in [6, 6.07) is 2.92. The van der Waals surface area contributed by atoms with Crippen LogP contribution in [0.2, 0.25) is 0 Å². The fraction of sp³-hybridized carbons (Fsp3) is 0.100. The van der Waals surface area contributed by atoms with Crippen molar-refractivity contribution >= 4 is 26.9 Å². The lowest BCUT2D eigenvalue weighted by Crippen LogP contribution is -2.02. The minimum absolute atomic E-state index is 0.000648. The summed E-state index contributed by atoms with van der Waals surface area (Å²) in [5.41, 5.74) is 0.0816. The Hall–Kier alpha value is -1.49. The third kappa shape index (κ3) is 1.39. The molecule has 2 aromatic rings. The predicted octanol–water partition coefficient (Wildman–Crippen LogP) is 2.28. The van der Waals surface area contributed by atoms with Gasteiger partial charge >= 0.3 is 5.63 Å². The summed E-state index contributed by atoms with van der Waals surface area (Å²) >= 11 is 3.09. The zero-order valence-electron chi connectivity index (χ0n) is 7.74. The van der Waals surface area contributed by atoms with Gasteiger partial charge in [-0.15, -0.1) is 0 Å². The number of aromatic hydroxyl groups is 2. The lowest BCUT2D eigenvalue weighted by Gasteiger charge is -2.05. The van der Waals surface area contributed by atoms with E-state index in [0.717, 1.165) is 0 Å². The Balaban J connectivity index is 3.05. The topological polar surface area (TPSA) is 70.7 Å². The van der Waals surface area contributed by atoms with Crippen molar-refractivity contribution < 1.29 is 14.6 Å². The van der Waals surface area contributed by atoms with Crippen molar-refractivity contribution in [1.29, 1.82) is 0 Å². The standard InChI is InChI=1S/C10H7BrO4/c1-4-5-2-3-6(12)8(13)9(5)15-10(14)7(4)11/h2-3,12-13H,1H3. The first-order valence-corrected chi connectivity index (χ1v) is 4.95. The van der Waals surface area contributed by atoms with E-state index in [-0.39, 0.29) is 11.3 Å². The lowest BCUT2D eigenvalue weighted by atomic mass is 10.1. The van der Waals surface area contributed by atoms with Crippen molar-refractivity contribution in [2.45, 2.75) is 6.92 Å². The van der Waals surface area contributed by atoms with Crippen LogP contribution >= 0.6 is 15.9 Å². The summed E-state index contributed by atoms with van der Waals surface area (Å²) in [5, 5.41) is 19.3. The normalized spacial score (nSPS) is 10.8. The third-order valence-electron chi connectivity index (χ3n) is 2.22. The van der Waals surface area contributed by atoms with E-state index in [0.29, 0.717) is 15.4 Å². The first-order valence-electron chi connectivity index (χ1n) is 4.16. The van der Waals surface area contributed by atoms with Crippen LogP contribution < -0.4 is 5.63 Å². The minimum Gasteiger partial charge on any atom is -0.504 e. The Labute approximate surface area is 92.9 Å². The highest BCUT2D eigenvalue weighted by molar-refractivity contribution is 9.10. The van der Waals surface area contributed by atoms with Gasteiger partial charge in [0.15, 0.2) is 11.3 Å². The third-order valence-corrected chi connectivity index (χ3v) is 3.14. The smallest absolute Gasteiger partial charge is 0.351 e. The molecule has 2 rings (SSSR count). The van der Waals surface area contributed by atoms with Gasteiger partial charge < -0.3 is 14.6 Å². The van der Waals surface area contributed by atoms with E-state index in [1.165, 1.54) is 6.07 Å². The molecule has 78 valence electrons. The molecular formula is C10H7BrO4. The molecule has 1 heterocycles.